The fourth-order valence-electron chi connectivity index (χ4n) is 1.76. The smallest absolute Gasteiger partial charge is 0.170 e. The Morgan fingerprint density at radius 1 is 1.38 bits per heavy atom. The van der Waals surface area contributed by atoms with Crippen molar-refractivity contribution in [3.63, 3.8) is 0 Å². The van der Waals surface area contributed by atoms with Crippen LogP contribution < -0.4 is 10.1 Å². The highest BCUT2D eigenvalue weighted by atomic mass is 79.9. The summed E-state index contributed by atoms with van der Waals surface area (Å²) in [5.41, 5.74) is 1.18. The van der Waals surface area contributed by atoms with Crippen LogP contribution >= 0.6 is 15.9 Å². The van der Waals surface area contributed by atoms with Gasteiger partial charge in [0.05, 0.1) is 11.1 Å². The van der Waals surface area contributed by atoms with Crippen LogP contribution in [0.1, 0.15) is 11.4 Å². The minimum atomic E-state index is 0.389. The van der Waals surface area contributed by atoms with Crippen molar-refractivity contribution in [2.45, 2.75) is 13.2 Å². The molecule has 1 aromatic carbocycles. The van der Waals surface area contributed by atoms with E-state index in [9.17, 15) is 0 Å². The van der Waals surface area contributed by atoms with Crippen molar-refractivity contribution in [3.05, 3.63) is 40.4 Å². The van der Waals surface area contributed by atoms with Crippen LogP contribution in [0.3, 0.4) is 0 Å². The van der Waals surface area contributed by atoms with Crippen molar-refractivity contribution in [3.8, 4) is 5.75 Å². The van der Waals surface area contributed by atoms with Crippen LogP contribution in [0.15, 0.2) is 29.0 Å². The fourth-order valence-corrected chi connectivity index (χ4v) is 2.30. The van der Waals surface area contributed by atoms with E-state index in [0.29, 0.717) is 13.2 Å². The van der Waals surface area contributed by atoms with Gasteiger partial charge in [-0.05, 0) is 33.6 Å². The van der Waals surface area contributed by atoms with Crippen LogP contribution in [0.5, 0.6) is 5.75 Å². The van der Waals surface area contributed by atoms with E-state index in [1.165, 1.54) is 5.56 Å². The number of halogens is 1. The zero-order chi connectivity index (χ0) is 15.1. The van der Waals surface area contributed by atoms with Gasteiger partial charge in [-0.15, -0.1) is 10.2 Å². The Kier molecular flexibility index (Phi) is 6.16. The van der Waals surface area contributed by atoms with Gasteiger partial charge in [-0.1, -0.05) is 6.07 Å². The second-order valence-corrected chi connectivity index (χ2v) is 5.44. The zero-order valence-electron chi connectivity index (χ0n) is 12.2. The number of hydrogen-bond acceptors (Lipinski definition) is 5. The van der Waals surface area contributed by atoms with Crippen LogP contribution in [-0.2, 0) is 24.9 Å². The average Bonchev–Trinajstić information content (AvgIpc) is 2.88. The maximum absolute atomic E-state index is 5.75. The van der Waals surface area contributed by atoms with E-state index >= 15 is 0 Å². The molecular weight excluding hydrogens is 336 g/mol. The van der Waals surface area contributed by atoms with Gasteiger partial charge in [0.25, 0.3) is 0 Å². The zero-order valence-corrected chi connectivity index (χ0v) is 13.8. The first-order valence-electron chi connectivity index (χ1n) is 6.64. The number of nitrogens with zero attached hydrogens (tertiary/aromatic N) is 3. The molecule has 114 valence electrons. The fraction of sp³-hybridized carbons (Fsp3) is 0.429. The average molecular weight is 355 g/mol. The van der Waals surface area contributed by atoms with E-state index in [1.807, 2.05) is 29.8 Å². The maximum atomic E-state index is 5.75. The summed E-state index contributed by atoms with van der Waals surface area (Å²) in [5.74, 6) is 1.57. The summed E-state index contributed by atoms with van der Waals surface area (Å²) in [6.07, 6.45) is 1.66. The van der Waals surface area contributed by atoms with E-state index in [0.717, 1.165) is 29.1 Å². The van der Waals surface area contributed by atoms with Gasteiger partial charge in [-0.25, -0.2) is 0 Å². The van der Waals surface area contributed by atoms with E-state index in [2.05, 4.69) is 31.4 Å². The van der Waals surface area contributed by atoms with Crippen LogP contribution in [0.4, 0.5) is 0 Å². The summed E-state index contributed by atoms with van der Waals surface area (Å²) in [4.78, 5) is 0. The normalized spacial score (nSPS) is 10.8. The summed E-state index contributed by atoms with van der Waals surface area (Å²) >= 11 is 3.53. The summed E-state index contributed by atoms with van der Waals surface area (Å²) in [7, 11) is 3.59. The van der Waals surface area contributed by atoms with Gasteiger partial charge in [0, 0.05) is 27.2 Å². The molecule has 0 fully saturated rings. The Morgan fingerprint density at radius 3 is 2.90 bits per heavy atom. The number of aryl methyl sites for hydroxylation is 1. The van der Waals surface area contributed by atoms with Crippen molar-refractivity contribution >= 4 is 15.9 Å². The standard InChI is InChI=1S/C14H19BrN4O2/c1-19-10-17-18-14(19)9-21-13-4-3-11(7-12(13)15)8-16-5-6-20-2/h3-4,7,10,16H,5-6,8-9H2,1-2H3. The van der Waals surface area contributed by atoms with Crippen molar-refractivity contribution < 1.29 is 9.47 Å². The minimum Gasteiger partial charge on any atom is -0.484 e. The number of rotatable bonds is 8. The quantitative estimate of drug-likeness (QED) is 0.733. The lowest BCUT2D eigenvalue weighted by Gasteiger charge is -2.10. The first-order valence-corrected chi connectivity index (χ1v) is 7.43. The third-order valence-corrected chi connectivity index (χ3v) is 3.59. The predicted octanol–water partition coefficient (Wildman–Crippen LogP) is 1.89. The molecule has 0 saturated heterocycles. The lowest BCUT2D eigenvalue weighted by atomic mass is 10.2. The Morgan fingerprint density at radius 2 is 2.24 bits per heavy atom. The molecule has 1 aromatic heterocycles. The molecule has 0 atom stereocenters. The SMILES string of the molecule is COCCNCc1ccc(OCc2nncn2C)c(Br)c1. The Bertz CT molecular complexity index is 574. The number of benzene rings is 1. The van der Waals surface area contributed by atoms with Gasteiger partial charge in [0.15, 0.2) is 5.82 Å². The second kappa shape index (κ2) is 8.11. The Labute approximate surface area is 132 Å². The van der Waals surface area contributed by atoms with E-state index in [-0.39, 0.29) is 0 Å². The molecule has 21 heavy (non-hydrogen) atoms. The van der Waals surface area contributed by atoms with Gasteiger partial charge in [-0.3, -0.25) is 0 Å². The Hall–Kier alpha value is -1.44. The molecule has 0 unspecified atom stereocenters. The van der Waals surface area contributed by atoms with Crippen LogP contribution in [-0.4, -0.2) is 35.0 Å². The lowest BCUT2D eigenvalue weighted by molar-refractivity contribution is 0.199. The van der Waals surface area contributed by atoms with Gasteiger partial charge >= 0.3 is 0 Å². The minimum absolute atomic E-state index is 0.389. The van der Waals surface area contributed by atoms with Gasteiger partial charge < -0.3 is 19.4 Å². The van der Waals surface area contributed by atoms with Crippen molar-refractivity contribution in [2.24, 2.45) is 7.05 Å². The van der Waals surface area contributed by atoms with Gasteiger partial charge in [0.1, 0.15) is 18.7 Å². The number of nitrogens with one attached hydrogen (secondary N) is 1. The molecule has 0 saturated carbocycles. The van der Waals surface area contributed by atoms with E-state index in [4.69, 9.17) is 9.47 Å². The second-order valence-electron chi connectivity index (χ2n) is 4.58. The molecule has 0 amide bonds. The van der Waals surface area contributed by atoms with Gasteiger partial charge in [-0.2, -0.15) is 0 Å². The molecule has 1 N–H and O–H groups in total. The first kappa shape index (κ1) is 15.9. The van der Waals surface area contributed by atoms with E-state index < -0.39 is 0 Å². The summed E-state index contributed by atoms with van der Waals surface area (Å²) in [6, 6.07) is 6.04. The topological polar surface area (TPSA) is 61.2 Å². The van der Waals surface area contributed by atoms with Crippen LogP contribution in [0.25, 0.3) is 0 Å². The molecule has 1 heterocycles. The molecular formula is C14H19BrN4O2. The highest BCUT2D eigenvalue weighted by Crippen LogP contribution is 2.26. The number of aromatic nitrogens is 3. The van der Waals surface area contributed by atoms with Gasteiger partial charge in [0.2, 0.25) is 0 Å². The van der Waals surface area contributed by atoms with Crippen LogP contribution in [0, 0.1) is 0 Å². The van der Waals surface area contributed by atoms with Crippen molar-refractivity contribution in [2.75, 3.05) is 20.3 Å². The number of methoxy groups -OCH3 is 1. The highest BCUT2D eigenvalue weighted by Gasteiger charge is 2.06. The third-order valence-electron chi connectivity index (χ3n) is 2.97. The van der Waals surface area contributed by atoms with Crippen LogP contribution in [0.2, 0.25) is 0 Å². The third kappa shape index (κ3) is 4.80. The molecule has 0 aliphatic heterocycles. The first-order chi connectivity index (χ1) is 10.2. The molecule has 7 heteroatoms. The molecule has 0 radical (unpaired) electrons. The number of ether oxygens (including phenoxy) is 2. The highest BCUT2D eigenvalue weighted by molar-refractivity contribution is 9.10. The van der Waals surface area contributed by atoms with E-state index in [1.54, 1.807) is 13.4 Å². The van der Waals surface area contributed by atoms with Crippen molar-refractivity contribution in [1.29, 1.82) is 0 Å². The molecule has 0 spiro atoms. The largest absolute Gasteiger partial charge is 0.484 e. The summed E-state index contributed by atoms with van der Waals surface area (Å²) in [6.45, 7) is 2.73. The Balaban J connectivity index is 1.88. The molecule has 0 bridgehead atoms. The van der Waals surface area contributed by atoms with Crippen molar-refractivity contribution in [1.82, 2.24) is 20.1 Å². The molecule has 2 rings (SSSR count). The summed E-state index contributed by atoms with van der Waals surface area (Å²) in [5, 5.41) is 11.1. The summed E-state index contributed by atoms with van der Waals surface area (Å²) < 4.78 is 13.5. The monoisotopic (exact) mass is 354 g/mol. The maximum Gasteiger partial charge on any atom is 0.170 e. The molecule has 0 aliphatic rings. The lowest BCUT2D eigenvalue weighted by Crippen LogP contribution is -2.18. The molecule has 2 aromatic rings. The number of hydrogen-bond donors (Lipinski definition) is 1. The molecule has 6 nitrogen and oxygen atoms in total. The molecule has 0 aliphatic carbocycles. The predicted molar refractivity (Wildman–Crippen MR) is 83.1 cm³/mol.